The first-order chi connectivity index (χ1) is 14.0. The van der Waals surface area contributed by atoms with E-state index >= 15 is 0 Å². The van der Waals surface area contributed by atoms with Gasteiger partial charge in [-0.1, -0.05) is 24.3 Å². The smallest absolute Gasteiger partial charge is 1.00 e. The number of carboxylic acid groups (broad SMARTS) is 2. The molecule has 32 heavy (non-hydrogen) atoms. The van der Waals surface area contributed by atoms with E-state index in [2.05, 4.69) is 20.9 Å². The summed E-state index contributed by atoms with van der Waals surface area (Å²) in [6, 6.07) is 11.1. The van der Waals surface area contributed by atoms with Gasteiger partial charge < -0.3 is 36.9 Å². The zero-order chi connectivity index (χ0) is 23.3. The minimum atomic E-state index is -1.11. The molecule has 11 nitrogen and oxygen atoms in total. The van der Waals surface area contributed by atoms with Gasteiger partial charge in [0.15, 0.2) is 0 Å². The van der Waals surface area contributed by atoms with Crippen molar-refractivity contribution in [2.24, 2.45) is 11.5 Å². The third-order valence-corrected chi connectivity index (χ3v) is 2.74. The van der Waals surface area contributed by atoms with E-state index < -0.39 is 29.9 Å². The molecule has 0 aliphatic carbocycles. The van der Waals surface area contributed by atoms with E-state index in [0.717, 1.165) is 0 Å². The Morgan fingerprint density at radius 2 is 0.938 bits per heavy atom. The maximum atomic E-state index is 10.6. The van der Waals surface area contributed by atoms with E-state index in [1.165, 1.54) is 38.1 Å². The molecule has 0 saturated carbocycles. The largest absolute Gasteiger partial charge is 2.00 e. The molecule has 0 bridgehead atoms. The van der Waals surface area contributed by atoms with Crippen molar-refractivity contribution in [1.82, 2.24) is 0 Å². The summed E-state index contributed by atoms with van der Waals surface area (Å²) >= 11 is 0. The number of primary amides is 2. The summed E-state index contributed by atoms with van der Waals surface area (Å²) in [4.78, 5) is 51.4. The van der Waals surface area contributed by atoms with E-state index in [4.69, 9.17) is 15.0 Å². The van der Waals surface area contributed by atoms with Crippen LogP contribution in [0.1, 0.15) is 40.3 Å². The van der Waals surface area contributed by atoms with Crippen molar-refractivity contribution in [3.63, 3.8) is 0 Å². The molecule has 0 aliphatic heterocycles. The van der Waals surface area contributed by atoms with Crippen molar-refractivity contribution in [1.29, 1.82) is 0 Å². The Morgan fingerprint density at radius 3 is 1.16 bits per heavy atom. The van der Waals surface area contributed by atoms with Crippen LogP contribution in [-0.2, 0) is 9.59 Å². The van der Waals surface area contributed by atoms with E-state index in [0.29, 0.717) is 0 Å². The average Bonchev–Trinajstić information content (AvgIpc) is 2.61. The van der Waals surface area contributed by atoms with Crippen molar-refractivity contribution < 1.29 is 49.4 Å². The maximum absolute atomic E-state index is 10.6. The number of carbonyl (C=O) groups excluding carboxylic acids is 3. The van der Waals surface area contributed by atoms with E-state index in [1.54, 1.807) is 24.3 Å². The van der Waals surface area contributed by atoms with Crippen molar-refractivity contribution >= 4 is 105 Å². The molecule has 0 spiro atoms. The quantitative estimate of drug-likeness (QED) is 0.270. The summed E-state index contributed by atoms with van der Waals surface area (Å²) in [6.07, 6.45) is 0. The van der Waals surface area contributed by atoms with Gasteiger partial charge in [-0.2, -0.15) is 0 Å². The van der Waals surface area contributed by atoms with Gasteiger partial charge in [0.25, 0.3) is 0 Å². The van der Waals surface area contributed by atoms with Crippen LogP contribution in [0, 0.1) is 0 Å². The summed E-state index contributed by atoms with van der Waals surface area (Å²) in [5.41, 5.74) is 8.47. The van der Waals surface area contributed by atoms with Crippen molar-refractivity contribution in [3.8, 4) is 11.5 Å². The van der Waals surface area contributed by atoms with Crippen molar-refractivity contribution in [3.05, 3.63) is 59.7 Å². The topological polar surface area (TPSA) is 196 Å². The van der Waals surface area contributed by atoms with E-state index in [-0.39, 0.29) is 104 Å². The number of hydrogen-bond acceptors (Lipinski definition) is 7. The van der Waals surface area contributed by atoms with E-state index in [9.17, 15) is 19.2 Å². The molecule has 0 atom stereocenters. The standard InChI is InChI=1S/2C9H8O4.CH4N2O.2Ca.4H/c2*1-6(10)13-8-5-3-2-4-7(8)9(11)12;2-1(3)4;;;;;;/h2*2-5H,1H3,(H,11,12);(H4,2,3,4);;;;;;/q;;;2*+2;4*-1. The molecule has 0 unspecified atom stereocenters. The molecular formula is C19H24Ca2N2O9. The summed E-state index contributed by atoms with van der Waals surface area (Å²) in [6.45, 7) is 2.44. The fourth-order valence-electron chi connectivity index (χ4n) is 1.77. The second-order valence-corrected chi connectivity index (χ2v) is 5.19. The second-order valence-electron chi connectivity index (χ2n) is 5.19. The van der Waals surface area contributed by atoms with Crippen LogP contribution < -0.4 is 20.9 Å². The van der Waals surface area contributed by atoms with Gasteiger partial charge in [0.1, 0.15) is 22.6 Å². The first kappa shape index (κ1) is 34.7. The monoisotopic (exact) mass is 504 g/mol. The molecule has 0 aromatic heterocycles. The Bertz CT molecular complexity index is 881. The molecule has 0 fully saturated rings. The van der Waals surface area contributed by atoms with Gasteiger partial charge in [0.05, 0.1) is 0 Å². The molecule has 2 aromatic carbocycles. The van der Waals surface area contributed by atoms with Gasteiger partial charge >= 0.3 is 105 Å². The first-order valence-electron chi connectivity index (χ1n) is 8.02. The molecule has 0 saturated heterocycles. The zero-order valence-electron chi connectivity index (χ0n) is 21.4. The summed E-state index contributed by atoms with van der Waals surface area (Å²) in [5, 5.41) is 17.4. The van der Waals surface area contributed by atoms with E-state index in [1.807, 2.05) is 0 Å². The van der Waals surface area contributed by atoms with Crippen LogP contribution in [0.2, 0.25) is 0 Å². The van der Waals surface area contributed by atoms with Crippen LogP contribution in [0.15, 0.2) is 48.5 Å². The number of ether oxygens (including phenoxy) is 2. The van der Waals surface area contributed by atoms with Crippen LogP contribution in [0.4, 0.5) is 4.79 Å². The van der Waals surface area contributed by atoms with Gasteiger partial charge in [-0.25, -0.2) is 14.4 Å². The SMILES string of the molecule is CC(=O)Oc1ccccc1C(=O)O.CC(=O)Oc1ccccc1C(=O)O.NC(N)=O.[Ca+2].[Ca+2].[H-].[H-].[H-].[H-]. The molecule has 0 radical (unpaired) electrons. The van der Waals surface area contributed by atoms with Crippen molar-refractivity contribution in [2.45, 2.75) is 13.8 Å². The number of rotatable bonds is 4. The Labute approximate surface area is 249 Å². The number of hydrogen-bond donors (Lipinski definition) is 4. The van der Waals surface area contributed by atoms with Crippen LogP contribution >= 0.6 is 0 Å². The Morgan fingerprint density at radius 1 is 0.688 bits per heavy atom. The molecule has 13 heteroatoms. The van der Waals surface area contributed by atoms with Gasteiger partial charge in [-0.05, 0) is 24.3 Å². The number of esters is 2. The first-order valence-corrected chi connectivity index (χ1v) is 8.02. The van der Waals surface area contributed by atoms with Crippen LogP contribution in [0.25, 0.3) is 0 Å². The second kappa shape index (κ2) is 18.7. The molecule has 168 valence electrons. The third kappa shape index (κ3) is 15.8. The molecule has 0 aliphatic rings. The number of nitrogens with two attached hydrogens (primary N) is 2. The van der Waals surface area contributed by atoms with Crippen LogP contribution in [0.3, 0.4) is 0 Å². The number of para-hydroxylation sites is 2. The fraction of sp³-hybridized carbons (Fsp3) is 0.105. The summed E-state index contributed by atoms with van der Waals surface area (Å²) in [5.74, 6) is -3.15. The molecule has 2 amide bonds. The minimum absolute atomic E-state index is 0. The van der Waals surface area contributed by atoms with Gasteiger partial charge in [-0.15, -0.1) is 0 Å². The van der Waals surface area contributed by atoms with Gasteiger partial charge in [0, 0.05) is 13.8 Å². The van der Waals surface area contributed by atoms with Crippen LogP contribution in [0.5, 0.6) is 11.5 Å². The number of carboxylic acids is 2. The molecule has 0 heterocycles. The Hall–Kier alpha value is -1.89. The Kier molecular flexibility index (Phi) is 20.2. The number of urea groups is 1. The third-order valence-electron chi connectivity index (χ3n) is 2.74. The van der Waals surface area contributed by atoms with Crippen LogP contribution in [-0.4, -0.2) is 116 Å². The minimum Gasteiger partial charge on any atom is -1.00 e. The maximum Gasteiger partial charge on any atom is 2.00 e. The molecular weight excluding hydrogens is 480 g/mol. The average molecular weight is 505 g/mol. The Balaban J connectivity index is -0.0000000710. The molecule has 2 rings (SSSR count). The summed E-state index contributed by atoms with van der Waals surface area (Å²) in [7, 11) is 0. The number of benzene rings is 2. The van der Waals surface area contributed by atoms with Crippen molar-refractivity contribution in [2.75, 3.05) is 0 Å². The fourth-order valence-corrected chi connectivity index (χ4v) is 1.77. The molecule has 6 N–H and O–H groups in total. The predicted molar refractivity (Wildman–Crippen MR) is 119 cm³/mol. The van der Waals surface area contributed by atoms with Gasteiger partial charge in [0.2, 0.25) is 0 Å². The van der Waals surface area contributed by atoms with Gasteiger partial charge in [-0.3, -0.25) is 9.59 Å². The number of carbonyl (C=O) groups is 5. The number of amides is 2. The normalized spacial score (nSPS) is 8.31. The zero-order valence-corrected chi connectivity index (χ0v) is 21.9. The predicted octanol–water partition coefficient (Wildman–Crippen LogP) is 1.33. The number of aromatic carboxylic acids is 2. The molecule has 2 aromatic rings. The summed E-state index contributed by atoms with van der Waals surface area (Å²) < 4.78 is 9.37.